The van der Waals surface area contributed by atoms with Crippen molar-refractivity contribution < 1.29 is 14.3 Å². The highest BCUT2D eigenvalue weighted by molar-refractivity contribution is 5.99. The van der Waals surface area contributed by atoms with Crippen LogP contribution in [0.5, 0.6) is 0 Å². The summed E-state index contributed by atoms with van der Waals surface area (Å²) >= 11 is 0. The number of carbonyl (C=O) groups is 1. The molecule has 1 heterocycles. The molecule has 0 N–H and O–H groups in total. The Balaban J connectivity index is 1.70. The molecule has 2 aromatic carbocycles. The van der Waals surface area contributed by atoms with E-state index >= 15 is 0 Å². The van der Waals surface area contributed by atoms with Crippen molar-refractivity contribution in [3.8, 4) is 0 Å². The molecule has 1 fully saturated rings. The van der Waals surface area contributed by atoms with Crippen LogP contribution in [0.15, 0.2) is 36.4 Å². The Morgan fingerprint density at radius 1 is 1.14 bits per heavy atom. The summed E-state index contributed by atoms with van der Waals surface area (Å²) in [6.07, 6.45) is 5.02. The normalized spacial score (nSPS) is 18.8. The first kappa shape index (κ1) is 14.2. The van der Waals surface area contributed by atoms with Gasteiger partial charge in [0.25, 0.3) is 0 Å². The average Bonchev–Trinajstić information content (AvgIpc) is 2.56. The van der Waals surface area contributed by atoms with Gasteiger partial charge in [-0.25, -0.2) is 0 Å². The fraction of sp³-hybridized carbons (Fsp3) is 0.389. The van der Waals surface area contributed by atoms with Crippen LogP contribution < -0.4 is 0 Å². The van der Waals surface area contributed by atoms with Gasteiger partial charge in [-0.3, -0.25) is 4.79 Å². The fourth-order valence-electron chi connectivity index (χ4n) is 2.85. The van der Waals surface area contributed by atoms with Crippen molar-refractivity contribution in [1.29, 1.82) is 0 Å². The maximum atomic E-state index is 11.1. The van der Waals surface area contributed by atoms with Crippen LogP contribution in [-0.4, -0.2) is 25.8 Å². The molecular weight excluding hydrogens is 264 g/mol. The molecule has 1 unspecified atom stereocenters. The smallest absolute Gasteiger partial charge is 0.157 e. The van der Waals surface area contributed by atoms with Crippen molar-refractivity contribution in [2.75, 3.05) is 13.2 Å². The zero-order valence-electron chi connectivity index (χ0n) is 12.1. The molecule has 0 aliphatic carbocycles. The third-order valence-electron chi connectivity index (χ3n) is 3.99. The fourth-order valence-corrected chi connectivity index (χ4v) is 2.85. The van der Waals surface area contributed by atoms with Gasteiger partial charge in [0, 0.05) is 12.2 Å². The van der Waals surface area contributed by atoms with E-state index in [-0.39, 0.29) is 6.29 Å². The second kappa shape index (κ2) is 6.83. The van der Waals surface area contributed by atoms with Gasteiger partial charge in [0.15, 0.2) is 12.6 Å². The first-order chi connectivity index (χ1) is 10.4. The Hall–Kier alpha value is -1.71. The number of carbonyl (C=O) groups excluding carboxylic acids is 1. The number of hydrogen-bond donors (Lipinski definition) is 0. The van der Waals surface area contributed by atoms with Crippen LogP contribution in [0, 0.1) is 0 Å². The van der Waals surface area contributed by atoms with Crippen LogP contribution in [0.4, 0.5) is 0 Å². The molecule has 1 saturated heterocycles. The second-order valence-corrected chi connectivity index (χ2v) is 5.39. The zero-order valence-corrected chi connectivity index (χ0v) is 12.1. The molecule has 110 valence electrons. The van der Waals surface area contributed by atoms with E-state index < -0.39 is 0 Å². The number of fused-ring (bicyclic) bond motifs is 1. The lowest BCUT2D eigenvalue weighted by atomic mass is 9.98. The molecule has 0 aromatic heterocycles. The quantitative estimate of drug-likeness (QED) is 0.785. The van der Waals surface area contributed by atoms with Crippen molar-refractivity contribution in [2.24, 2.45) is 0 Å². The van der Waals surface area contributed by atoms with Gasteiger partial charge in [0.1, 0.15) is 0 Å². The highest BCUT2D eigenvalue weighted by Gasteiger charge is 2.14. The van der Waals surface area contributed by atoms with Crippen LogP contribution in [0.3, 0.4) is 0 Å². The Kier molecular flexibility index (Phi) is 4.63. The SMILES string of the molecule is O=Cc1ccc(CCOC2CCCCO2)c2ccccc12. The largest absolute Gasteiger partial charge is 0.353 e. The van der Waals surface area contributed by atoms with E-state index in [4.69, 9.17) is 9.47 Å². The lowest BCUT2D eigenvalue weighted by Crippen LogP contribution is -2.23. The van der Waals surface area contributed by atoms with Gasteiger partial charge in [0.05, 0.1) is 6.61 Å². The minimum Gasteiger partial charge on any atom is -0.353 e. The minimum absolute atomic E-state index is 0.0423. The third kappa shape index (κ3) is 3.31. The number of ether oxygens (including phenoxy) is 2. The van der Waals surface area contributed by atoms with E-state index in [0.29, 0.717) is 6.61 Å². The van der Waals surface area contributed by atoms with Gasteiger partial charge in [-0.05, 0) is 42.0 Å². The maximum absolute atomic E-state index is 11.1. The molecule has 0 radical (unpaired) electrons. The third-order valence-corrected chi connectivity index (χ3v) is 3.99. The van der Waals surface area contributed by atoms with E-state index in [2.05, 4.69) is 6.07 Å². The van der Waals surface area contributed by atoms with Crippen LogP contribution in [-0.2, 0) is 15.9 Å². The summed E-state index contributed by atoms with van der Waals surface area (Å²) in [4.78, 5) is 11.1. The number of hydrogen-bond acceptors (Lipinski definition) is 3. The van der Waals surface area contributed by atoms with Crippen molar-refractivity contribution in [1.82, 2.24) is 0 Å². The van der Waals surface area contributed by atoms with Crippen molar-refractivity contribution in [3.05, 3.63) is 47.5 Å². The molecule has 2 aromatic rings. The predicted octanol–water partition coefficient (Wildman–Crippen LogP) is 3.74. The summed E-state index contributed by atoms with van der Waals surface area (Å²) in [6, 6.07) is 11.9. The second-order valence-electron chi connectivity index (χ2n) is 5.39. The molecule has 3 rings (SSSR count). The molecule has 0 bridgehead atoms. The lowest BCUT2D eigenvalue weighted by Gasteiger charge is -2.22. The van der Waals surface area contributed by atoms with Gasteiger partial charge < -0.3 is 9.47 Å². The molecule has 3 heteroatoms. The molecule has 1 atom stereocenters. The van der Waals surface area contributed by atoms with Gasteiger partial charge in [-0.15, -0.1) is 0 Å². The van der Waals surface area contributed by atoms with Crippen LogP contribution in [0.25, 0.3) is 10.8 Å². The van der Waals surface area contributed by atoms with Crippen LogP contribution in [0.2, 0.25) is 0 Å². The summed E-state index contributed by atoms with van der Waals surface area (Å²) in [6.45, 7) is 1.46. The summed E-state index contributed by atoms with van der Waals surface area (Å²) in [5.74, 6) is 0. The van der Waals surface area contributed by atoms with Crippen molar-refractivity contribution >= 4 is 17.1 Å². The minimum atomic E-state index is -0.0423. The topological polar surface area (TPSA) is 35.5 Å². The maximum Gasteiger partial charge on any atom is 0.157 e. The molecule has 0 saturated carbocycles. The average molecular weight is 284 g/mol. The Labute approximate surface area is 124 Å². The van der Waals surface area contributed by atoms with Gasteiger partial charge in [0.2, 0.25) is 0 Å². The summed E-state index contributed by atoms with van der Waals surface area (Å²) < 4.78 is 11.4. The van der Waals surface area contributed by atoms with E-state index in [0.717, 1.165) is 48.5 Å². The summed E-state index contributed by atoms with van der Waals surface area (Å²) in [7, 11) is 0. The first-order valence-corrected chi connectivity index (χ1v) is 7.57. The molecular formula is C18H20O3. The van der Waals surface area contributed by atoms with E-state index in [9.17, 15) is 4.79 Å². The van der Waals surface area contributed by atoms with Gasteiger partial charge in [-0.2, -0.15) is 0 Å². The molecule has 21 heavy (non-hydrogen) atoms. The number of benzene rings is 2. The number of rotatable bonds is 5. The van der Waals surface area contributed by atoms with Gasteiger partial charge in [-0.1, -0.05) is 36.4 Å². The highest BCUT2D eigenvalue weighted by Crippen LogP contribution is 2.23. The van der Waals surface area contributed by atoms with Crippen molar-refractivity contribution in [2.45, 2.75) is 32.0 Å². The van der Waals surface area contributed by atoms with Crippen molar-refractivity contribution in [3.63, 3.8) is 0 Å². The first-order valence-electron chi connectivity index (χ1n) is 7.57. The summed E-state index contributed by atoms with van der Waals surface area (Å²) in [5, 5.41) is 2.15. The molecule has 1 aliphatic heterocycles. The molecule has 0 spiro atoms. The zero-order chi connectivity index (χ0) is 14.5. The molecule has 1 aliphatic rings. The standard InChI is InChI=1S/C18H20O3/c19-13-15-9-8-14(16-5-1-2-6-17(15)16)10-12-21-18-7-3-4-11-20-18/h1-2,5-6,8-9,13,18H,3-4,7,10-12H2. The van der Waals surface area contributed by atoms with Crippen LogP contribution in [0.1, 0.15) is 35.2 Å². The summed E-state index contributed by atoms with van der Waals surface area (Å²) in [5.41, 5.74) is 1.96. The van der Waals surface area contributed by atoms with E-state index in [1.807, 2.05) is 30.3 Å². The Morgan fingerprint density at radius 2 is 2.00 bits per heavy atom. The molecule has 3 nitrogen and oxygen atoms in total. The molecule has 0 amide bonds. The predicted molar refractivity (Wildman–Crippen MR) is 82.6 cm³/mol. The highest BCUT2D eigenvalue weighted by atomic mass is 16.7. The van der Waals surface area contributed by atoms with E-state index in [1.54, 1.807) is 0 Å². The Morgan fingerprint density at radius 3 is 2.76 bits per heavy atom. The number of aldehydes is 1. The Bertz CT molecular complexity index is 615. The lowest BCUT2D eigenvalue weighted by molar-refractivity contribution is -0.161. The van der Waals surface area contributed by atoms with Gasteiger partial charge >= 0.3 is 0 Å². The van der Waals surface area contributed by atoms with E-state index in [1.165, 1.54) is 12.0 Å². The monoisotopic (exact) mass is 284 g/mol. The van der Waals surface area contributed by atoms with Crippen LogP contribution >= 0.6 is 0 Å².